The molecule has 4 rings (SSSR count). The molecule has 0 radical (unpaired) electrons. The number of pyridine rings is 1. The van der Waals surface area contributed by atoms with Crippen LogP contribution in [0.1, 0.15) is 5.69 Å². The van der Waals surface area contributed by atoms with E-state index in [0.717, 1.165) is 38.2 Å². The van der Waals surface area contributed by atoms with E-state index >= 15 is 0 Å². The third-order valence-corrected chi connectivity index (χ3v) is 4.34. The molecule has 0 N–H and O–H groups in total. The first-order valence-electron chi connectivity index (χ1n) is 6.35. The average Bonchev–Trinajstić information content (AvgIpc) is 3.06. The molecule has 0 unspecified atom stereocenters. The maximum Gasteiger partial charge on any atom is 0.155 e. The maximum absolute atomic E-state index is 5.87. The van der Waals surface area contributed by atoms with Gasteiger partial charge in [0.2, 0.25) is 0 Å². The summed E-state index contributed by atoms with van der Waals surface area (Å²) in [6, 6.07) is 14.0. The van der Waals surface area contributed by atoms with Gasteiger partial charge in [0, 0.05) is 21.7 Å². The third kappa shape index (κ3) is 1.68. The van der Waals surface area contributed by atoms with Crippen molar-refractivity contribution in [2.75, 3.05) is 0 Å². The zero-order valence-electron chi connectivity index (χ0n) is 10.8. The van der Waals surface area contributed by atoms with E-state index in [9.17, 15) is 0 Å². The summed E-state index contributed by atoms with van der Waals surface area (Å²) in [5, 5.41) is 1.09. The van der Waals surface area contributed by atoms with Crippen molar-refractivity contribution >= 4 is 32.5 Å². The zero-order valence-corrected chi connectivity index (χ0v) is 12.4. The molecule has 0 amide bonds. The third-order valence-electron chi connectivity index (χ3n) is 3.50. The minimum Gasteiger partial charge on any atom is -0.454 e. The molecule has 0 aliphatic rings. The van der Waals surface area contributed by atoms with Gasteiger partial charge in [-0.3, -0.25) is 0 Å². The highest BCUT2D eigenvalue weighted by molar-refractivity contribution is 9.10. The predicted octanol–water partition coefficient (Wildman–Crippen LogP) is 4.82. The quantitative estimate of drug-likeness (QED) is 0.502. The number of hydrogen-bond acceptors (Lipinski definition) is 2. The number of aryl methyl sites for hydroxylation is 1. The summed E-state index contributed by atoms with van der Waals surface area (Å²) in [5.41, 5.74) is 3.78. The monoisotopic (exact) mass is 326 g/mol. The minimum absolute atomic E-state index is 0.797. The molecule has 20 heavy (non-hydrogen) atoms. The molecule has 0 aliphatic heterocycles. The molecule has 3 nitrogen and oxygen atoms in total. The van der Waals surface area contributed by atoms with Gasteiger partial charge >= 0.3 is 0 Å². The van der Waals surface area contributed by atoms with Crippen LogP contribution in [0.4, 0.5) is 0 Å². The molecule has 0 fully saturated rings. The van der Waals surface area contributed by atoms with Crippen molar-refractivity contribution in [1.29, 1.82) is 0 Å². The smallest absolute Gasteiger partial charge is 0.155 e. The Hall–Kier alpha value is -2.07. The van der Waals surface area contributed by atoms with Gasteiger partial charge in [0.25, 0.3) is 0 Å². The Balaban J connectivity index is 1.95. The van der Waals surface area contributed by atoms with Crippen LogP contribution in [0.3, 0.4) is 0 Å². The van der Waals surface area contributed by atoms with Crippen LogP contribution in [0.2, 0.25) is 0 Å². The fourth-order valence-electron chi connectivity index (χ4n) is 2.39. The number of benzene rings is 1. The number of fused-ring (bicyclic) bond motifs is 2. The van der Waals surface area contributed by atoms with E-state index in [1.54, 1.807) is 0 Å². The fraction of sp³-hybridized carbons (Fsp3) is 0.0625. The Morgan fingerprint density at radius 2 is 2.00 bits per heavy atom. The second-order valence-electron chi connectivity index (χ2n) is 4.77. The highest BCUT2D eigenvalue weighted by Crippen LogP contribution is 2.28. The summed E-state index contributed by atoms with van der Waals surface area (Å²) in [6.45, 7) is 2.06. The van der Waals surface area contributed by atoms with Gasteiger partial charge in [0.15, 0.2) is 5.76 Å². The second-order valence-corrected chi connectivity index (χ2v) is 5.62. The molecule has 1 aromatic carbocycles. The molecule has 98 valence electrons. The van der Waals surface area contributed by atoms with Crippen LogP contribution in [0.5, 0.6) is 0 Å². The standard InChI is InChI=1S/C16H11BrN2O/c1-10-12(17)6-7-16-18-13(9-19(10)16)15-8-11-4-2-3-5-14(11)20-15/h2-9H,1H3. The van der Waals surface area contributed by atoms with Crippen molar-refractivity contribution in [3.8, 4) is 11.5 Å². The van der Waals surface area contributed by atoms with Gasteiger partial charge in [-0.15, -0.1) is 0 Å². The minimum atomic E-state index is 0.797. The van der Waals surface area contributed by atoms with Crippen molar-refractivity contribution in [2.45, 2.75) is 6.92 Å². The average molecular weight is 327 g/mol. The Morgan fingerprint density at radius 1 is 1.15 bits per heavy atom. The second kappa shape index (κ2) is 4.21. The van der Waals surface area contributed by atoms with Crippen molar-refractivity contribution in [2.24, 2.45) is 0 Å². The van der Waals surface area contributed by atoms with Gasteiger partial charge in [-0.25, -0.2) is 4.98 Å². The van der Waals surface area contributed by atoms with Gasteiger partial charge in [-0.05, 0) is 47.1 Å². The van der Waals surface area contributed by atoms with E-state index < -0.39 is 0 Å². The number of halogens is 1. The van der Waals surface area contributed by atoms with E-state index in [2.05, 4.69) is 32.2 Å². The Bertz CT molecular complexity index is 903. The molecule has 4 aromatic rings. The summed E-state index contributed by atoms with van der Waals surface area (Å²) in [6.07, 6.45) is 2.01. The summed E-state index contributed by atoms with van der Waals surface area (Å²) < 4.78 is 9.00. The van der Waals surface area contributed by atoms with Crippen LogP contribution < -0.4 is 0 Å². The van der Waals surface area contributed by atoms with Gasteiger partial charge in [-0.2, -0.15) is 0 Å². The lowest BCUT2D eigenvalue weighted by molar-refractivity contribution is 0.629. The normalized spacial score (nSPS) is 11.5. The molecule has 0 saturated carbocycles. The van der Waals surface area contributed by atoms with Crippen LogP contribution in [0.25, 0.3) is 28.1 Å². The van der Waals surface area contributed by atoms with E-state index in [-0.39, 0.29) is 0 Å². The number of rotatable bonds is 1. The molecule has 3 aromatic heterocycles. The fourth-order valence-corrected chi connectivity index (χ4v) is 2.71. The topological polar surface area (TPSA) is 30.4 Å². The Labute approximate surface area is 124 Å². The number of aromatic nitrogens is 2. The molecule has 0 atom stereocenters. The summed E-state index contributed by atoms with van der Waals surface area (Å²) in [4.78, 5) is 4.63. The zero-order chi connectivity index (χ0) is 13.7. The van der Waals surface area contributed by atoms with E-state index in [0.29, 0.717) is 0 Å². The first-order valence-corrected chi connectivity index (χ1v) is 7.15. The van der Waals surface area contributed by atoms with Crippen LogP contribution in [-0.2, 0) is 0 Å². The Kier molecular flexibility index (Phi) is 2.47. The van der Waals surface area contributed by atoms with Crippen molar-refractivity contribution in [3.05, 3.63) is 58.8 Å². The number of para-hydroxylation sites is 1. The van der Waals surface area contributed by atoms with Crippen LogP contribution in [-0.4, -0.2) is 9.38 Å². The number of nitrogens with zero attached hydrogens (tertiary/aromatic N) is 2. The number of hydrogen-bond donors (Lipinski definition) is 0. The molecule has 4 heteroatoms. The van der Waals surface area contributed by atoms with E-state index in [4.69, 9.17) is 4.42 Å². The van der Waals surface area contributed by atoms with Gasteiger partial charge in [-0.1, -0.05) is 18.2 Å². The number of furan rings is 1. The molecular formula is C16H11BrN2O. The van der Waals surface area contributed by atoms with Crippen LogP contribution >= 0.6 is 15.9 Å². The van der Waals surface area contributed by atoms with Crippen molar-refractivity contribution in [1.82, 2.24) is 9.38 Å². The van der Waals surface area contributed by atoms with Gasteiger partial charge < -0.3 is 8.82 Å². The Morgan fingerprint density at radius 3 is 2.85 bits per heavy atom. The lowest BCUT2D eigenvalue weighted by Crippen LogP contribution is -1.89. The largest absolute Gasteiger partial charge is 0.454 e. The predicted molar refractivity (Wildman–Crippen MR) is 82.8 cm³/mol. The lowest BCUT2D eigenvalue weighted by atomic mass is 10.2. The first-order chi connectivity index (χ1) is 9.72. The van der Waals surface area contributed by atoms with E-state index in [1.165, 1.54) is 0 Å². The maximum atomic E-state index is 5.87. The summed E-state index contributed by atoms with van der Waals surface area (Å²) in [7, 11) is 0. The van der Waals surface area contributed by atoms with Gasteiger partial charge in [0.05, 0.1) is 0 Å². The molecule has 0 spiro atoms. The van der Waals surface area contributed by atoms with Gasteiger partial charge in [0.1, 0.15) is 16.9 Å². The lowest BCUT2D eigenvalue weighted by Gasteiger charge is -2.00. The van der Waals surface area contributed by atoms with E-state index in [1.807, 2.05) is 48.7 Å². The highest BCUT2D eigenvalue weighted by Gasteiger charge is 2.11. The molecular weight excluding hydrogens is 316 g/mol. The highest BCUT2D eigenvalue weighted by atomic mass is 79.9. The first kappa shape index (κ1) is 11.7. The number of imidazole rings is 1. The molecule has 0 saturated heterocycles. The SMILES string of the molecule is Cc1c(Br)ccc2nc(-c3cc4ccccc4o3)cn12. The van der Waals surface area contributed by atoms with Crippen LogP contribution in [0, 0.1) is 6.92 Å². The van der Waals surface area contributed by atoms with Crippen LogP contribution in [0.15, 0.2) is 57.6 Å². The molecule has 3 heterocycles. The molecule has 0 aliphatic carbocycles. The molecule has 0 bridgehead atoms. The van der Waals surface area contributed by atoms with Crippen molar-refractivity contribution < 1.29 is 4.42 Å². The van der Waals surface area contributed by atoms with Crippen molar-refractivity contribution in [3.63, 3.8) is 0 Å². The summed E-state index contributed by atoms with van der Waals surface area (Å²) in [5.74, 6) is 0.797. The summed E-state index contributed by atoms with van der Waals surface area (Å²) >= 11 is 3.54.